The summed E-state index contributed by atoms with van der Waals surface area (Å²) in [5.41, 5.74) is 2.97. The first-order chi connectivity index (χ1) is 14.0. The highest BCUT2D eigenvalue weighted by atomic mass is 32.2. The van der Waals surface area contributed by atoms with Crippen LogP contribution in [0, 0.1) is 13.8 Å². The van der Waals surface area contributed by atoms with Crippen LogP contribution < -0.4 is 10.2 Å². The Bertz CT molecular complexity index is 818. The van der Waals surface area contributed by atoms with Gasteiger partial charge in [0, 0.05) is 56.2 Å². The second-order valence-corrected chi connectivity index (χ2v) is 7.97. The maximum Gasteiger partial charge on any atom is 0.230 e. The molecule has 0 aliphatic carbocycles. The smallest absolute Gasteiger partial charge is 0.230 e. The summed E-state index contributed by atoms with van der Waals surface area (Å²) in [6.45, 7) is 7.24. The van der Waals surface area contributed by atoms with E-state index >= 15 is 0 Å². The molecule has 0 saturated carbocycles. The zero-order chi connectivity index (χ0) is 20.6. The molecule has 0 spiro atoms. The Morgan fingerprint density at radius 1 is 1.03 bits per heavy atom. The molecular formula is C21H27N5O2S. The van der Waals surface area contributed by atoms with Crippen LogP contribution in [0.15, 0.2) is 41.6 Å². The van der Waals surface area contributed by atoms with Gasteiger partial charge in [0.25, 0.3) is 0 Å². The number of aromatic nitrogens is 2. The van der Waals surface area contributed by atoms with E-state index in [0.29, 0.717) is 31.2 Å². The predicted octanol–water partition coefficient (Wildman–Crippen LogP) is 2.04. The molecule has 0 radical (unpaired) electrons. The molecule has 7 nitrogen and oxygen atoms in total. The maximum absolute atomic E-state index is 12.4. The fourth-order valence-corrected chi connectivity index (χ4v) is 4.04. The quantitative estimate of drug-likeness (QED) is 0.553. The van der Waals surface area contributed by atoms with Crippen molar-refractivity contribution in [1.29, 1.82) is 0 Å². The third kappa shape index (κ3) is 6.45. The SMILES string of the molecule is Cc1cc(C)nc(SCC(=O)NCCC(=O)N2CCN(c3ccccc3)CC2)n1. The molecule has 0 atom stereocenters. The zero-order valence-corrected chi connectivity index (χ0v) is 17.7. The molecule has 1 fully saturated rings. The van der Waals surface area contributed by atoms with Gasteiger partial charge in [-0.15, -0.1) is 0 Å². The standard InChI is InChI=1S/C21H27N5O2S/c1-16-14-17(2)24-21(23-16)29-15-19(27)22-9-8-20(28)26-12-10-25(11-13-26)18-6-4-3-5-7-18/h3-7,14H,8-13,15H2,1-2H3,(H,22,27). The van der Waals surface area contributed by atoms with Crippen molar-refractivity contribution < 1.29 is 9.59 Å². The number of rotatable bonds is 7. The molecule has 0 bridgehead atoms. The van der Waals surface area contributed by atoms with E-state index < -0.39 is 0 Å². The van der Waals surface area contributed by atoms with Gasteiger partial charge in [0.15, 0.2) is 5.16 Å². The highest BCUT2D eigenvalue weighted by Gasteiger charge is 2.21. The van der Waals surface area contributed by atoms with Gasteiger partial charge in [0.05, 0.1) is 5.75 Å². The Kier molecular flexibility index (Phi) is 7.46. The van der Waals surface area contributed by atoms with E-state index in [4.69, 9.17) is 0 Å². The number of hydrogen-bond acceptors (Lipinski definition) is 6. The van der Waals surface area contributed by atoms with E-state index in [9.17, 15) is 9.59 Å². The first-order valence-corrected chi connectivity index (χ1v) is 10.8. The largest absolute Gasteiger partial charge is 0.368 e. The van der Waals surface area contributed by atoms with Crippen LogP contribution in [0.5, 0.6) is 0 Å². The van der Waals surface area contributed by atoms with Crippen LogP contribution in [-0.4, -0.2) is 65.2 Å². The van der Waals surface area contributed by atoms with Gasteiger partial charge in [-0.2, -0.15) is 0 Å². The Labute approximate surface area is 175 Å². The zero-order valence-electron chi connectivity index (χ0n) is 16.9. The van der Waals surface area contributed by atoms with E-state index in [1.54, 1.807) is 0 Å². The minimum absolute atomic E-state index is 0.0864. The lowest BCUT2D eigenvalue weighted by molar-refractivity contribution is -0.131. The number of aryl methyl sites for hydroxylation is 2. The number of amides is 2. The third-order valence-electron chi connectivity index (χ3n) is 4.71. The molecular weight excluding hydrogens is 386 g/mol. The Balaban J connectivity index is 1.34. The van der Waals surface area contributed by atoms with E-state index in [1.165, 1.54) is 17.4 Å². The van der Waals surface area contributed by atoms with Gasteiger partial charge >= 0.3 is 0 Å². The number of para-hydroxylation sites is 1. The van der Waals surface area contributed by atoms with Crippen molar-refractivity contribution >= 4 is 29.3 Å². The summed E-state index contributed by atoms with van der Waals surface area (Å²) in [6, 6.07) is 12.1. The molecule has 2 heterocycles. The summed E-state index contributed by atoms with van der Waals surface area (Å²) in [5.74, 6) is 0.218. The van der Waals surface area contributed by atoms with Gasteiger partial charge in [-0.25, -0.2) is 9.97 Å². The van der Waals surface area contributed by atoms with Gasteiger partial charge in [-0.05, 0) is 32.0 Å². The van der Waals surface area contributed by atoms with Crippen molar-refractivity contribution in [2.24, 2.45) is 0 Å². The number of carbonyl (C=O) groups excluding carboxylic acids is 2. The van der Waals surface area contributed by atoms with Crippen LogP contribution in [0.4, 0.5) is 5.69 Å². The van der Waals surface area contributed by atoms with Crippen LogP contribution in [0.25, 0.3) is 0 Å². The number of thioether (sulfide) groups is 1. The van der Waals surface area contributed by atoms with E-state index in [2.05, 4.69) is 32.3 Å². The van der Waals surface area contributed by atoms with Crippen LogP contribution in [0.2, 0.25) is 0 Å². The molecule has 2 aromatic rings. The number of piperazine rings is 1. The molecule has 1 saturated heterocycles. The van der Waals surface area contributed by atoms with Crippen molar-refractivity contribution in [3.63, 3.8) is 0 Å². The van der Waals surface area contributed by atoms with Gasteiger partial charge in [0.1, 0.15) is 0 Å². The normalized spacial score (nSPS) is 14.0. The molecule has 3 rings (SSSR count). The molecule has 1 aromatic carbocycles. The minimum atomic E-state index is -0.112. The van der Waals surface area contributed by atoms with Crippen molar-refractivity contribution in [3.05, 3.63) is 47.8 Å². The second kappa shape index (κ2) is 10.2. The Morgan fingerprint density at radius 2 is 1.69 bits per heavy atom. The number of benzene rings is 1. The summed E-state index contributed by atoms with van der Waals surface area (Å²) in [6.07, 6.45) is 0.321. The lowest BCUT2D eigenvalue weighted by atomic mass is 10.2. The van der Waals surface area contributed by atoms with Crippen LogP contribution in [0.1, 0.15) is 17.8 Å². The van der Waals surface area contributed by atoms with Crippen LogP contribution in [-0.2, 0) is 9.59 Å². The van der Waals surface area contributed by atoms with E-state index in [0.717, 1.165) is 24.5 Å². The summed E-state index contributed by atoms with van der Waals surface area (Å²) in [5, 5.41) is 3.42. The fraction of sp³-hybridized carbons (Fsp3) is 0.429. The fourth-order valence-electron chi connectivity index (χ4n) is 3.26. The first kappa shape index (κ1) is 21.1. The average Bonchev–Trinajstić information content (AvgIpc) is 2.72. The third-order valence-corrected chi connectivity index (χ3v) is 5.56. The number of nitrogens with zero attached hydrogens (tertiary/aromatic N) is 4. The molecule has 8 heteroatoms. The number of carbonyl (C=O) groups is 2. The van der Waals surface area contributed by atoms with Crippen molar-refractivity contribution in [2.75, 3.05) is 43.4 Å². The van der Waals surface area contributed by atoms with Crippen LogP contribution in [0.3, 0.4) is 0 Å². The summed E-state index contributed by atoms with van der Waals surface area (Å²) < 4.78 is 0. The van der Waals surface area contributed by atoms with Crippen molar-refractivity contribution in [1.82, 2.24) is 20.2 Å². The highest BCUT2D eigenvalue weighted by Crippen LogP contribution is 2.16. The number of anilines is 1. The molecule has 29 heavy (non-hydrogen) atoms. The van der Waals surface area contributed by atoms with Gasteiger partial charge in [-0.1, -0.05) is 30.0 Å². The highest BCUT2D eigenvalue weighted by molar-refractivity contribution is 7.99. The molecule has 0 unspecified atom stereocenters. The van der Waals surface area contributed by atoms with Gasteiger partial charge in [-0.3, -0.25) is 9.59 Å². The van der Waals surface area contributed by atoms with E-state index in [1.807, 2.05) is 43.0 Å². The van der Waals surface area contributed by atoms with Gasteiger partial charge < -0.3 is 15.1 Å². The first-order valence-electron chi connectivity index (χ1n) is 9.81. The maximum atomic E-state index is 12.4. The summed E-state index contributed by atoms with van der Waals surface area (Å²) >= 11 is 1.31. The topological polar surface area (TPSA) is 78.4 Å². The number of nitrogens with one attached hydrogen (secondary N) is 1. The molecule has 1 aliphatic rings. The lowest BCUT2D eigenvalue weighted by Crippen LogP contribution is -2.49. The molecule has 1 N–H and O–H groups in total. The molecule has 1 aliphatic heterocycles. The molecule has 2 amide bonds. The second-order valence-electron chi connectivity index (χ2n) is 7.03. The lowest BCUT2D eigenvalue weighted by Gasteiger charge is -2.36. The van der Waals surface area contributed by atoms with E-state index in [-0.39, 0.29) is 17.6 Å². The summed E-state index contributed by atoms with van der Waals surface area (Å²) in [7, 11) is 0. The number of hydrogen-bond donors (Lipinski definition) is 1. The van der Waals surface area contributed by atoms with Crippen molar-refractivity contribution in [3.8, 4) is 0 Å². The Hall–Kier alpha value is -2.61. The van der Waals surface area contributed by atoms with Gasteiger partial charge in [0.2, 0.25) is 11.8 Å². The van der Waals surface area contributed by atoms with Crippen molar-refractivity contribution in [2.45, 2.75) is 25.4 Å². The predicted molar refractivity (Wildman–Crippen MR) is 115 cm³/mol. The average molecular weight is 414 g/mol. The summed E-state index contributed by atoms with van der Waals surface area (Å²) in [4.78, 5) is 37.2. The molecule has 154 valence electrons. The molecule has 1 aromatic heterocycles. The monoisotopic (exact) mass is 413 g/mol. The minimum Gasteiger partial charge on any atom is -0.368 e. The Morgan fingerprint density at radius 3 is 2.34 bits per heavy atom. The van der Waals surface area contributed by atoms with Crippen LogP contribution >= 0.6 is 11.8 Å².